The molecule has 0 aliphatic heterocycles. The van der Waals surface area contributed by atoms with E-state index in [9.17, 15) is 72.8 Å². The molecule has 8 atom stereocenters. The first kappa shape index (κ1) is 52.2. The molecule has 0 radical (unpaired) electrons. The molecule has 7 amide bonds. The lowest BCUT2D eigenvalue weighted by Crippen LogP contribution is -2.61. The molecule has 0 aliphatic carbocycles. The molecule has 0 fully saturated rings. The van der Waals surface area contributed by atoms with Gasteiger partial charge in [-0.15, -0.1) is 0 Å². The first-order chi connectivity index (χ1) is 29.5. The second-order valence-electron chi connectivity index (χ2n) is 15.1. The summed E-state index contributed by atoms with van der Waals surface area (Å²) in [5.74, 6) is -13.1. The average Bonchev–Trinajstić information content (AvgIpc) is 3.18. The lowest BCUT2D eigenvalue weighted by atomic mass is 10.0. The van der Waals surface area contributed by atoms with E-state index in [1.807, 2.05) is 0 Å². The van der Waals surface area contributed by atoms with Gasteiger partial charge in [-0.3, -0.25) is 43.2 Å². The molecule has 22 heteroatoms. The molecule has 0 aliphatic rings. The summed E-state index contributed by atoms with van der Waals surface area (Å²) in [5.41, 5.74) is 0.588. The number of aliphatic carboxylic acids is 3. The van der Waals surface area contributed by atoms with Crippen LogP contribution in [0.1, 0.15) is 65.0 Å². The lowest BCUT2D eigenvalue weighted by Gasteiger charge is -2.28. The molecule has 0 heterocycles. The van der Waals surface area contributed by atoms with E-state index >= 15 is 0 Å². The maximum absolute atomic E-state index is 14.2. The van der Waals surface area contributed by atoms with Crippen molar-refractivity contribution in [3.8, 4) is 0 Å². The van der Waals surface area contributed by atoms with Gasteiger partial charge in [-0.2, -0.15) is 0 Å². The van der Waals surface area contributed by atoms with E-state index in [-0.39, 0.29) is 24.3 Å². The van der Waals surface area contributed by atoms with Crippen LogP contribution in [0.25, 0.3) is 0 Å². The van der Waals surface area contributed by atoms with Crippen molar-refractivity contribution < 1.29 is 72.8 Å². The molecule has 2 rings (SSSR count). The van der Waals surface area contributed by atoms with Crippen molar-refractivity contribution in [3.05, 3.63) is 71.5 Å². The van der Waals surface area contributed by atoms with E-state index < -0.39 is 133 Å². The number of carboxylic acids is 3. The van der Waals surface area contributed by atoms with Crippen LogP contribution in [0.5, 0.6) is 0 Å². The van der Waals surface area contributed by atoms with E-state index in [1.165, 1.54) is 32.0 Å². The van der Waals surface area contributed by atoms with Gasteiger partial charge < -0.3 is 57.6 Å². The number of carbonyl (C=O) groups excluding carboxylic acids is 7. The largest absolute Gasteiger partial charge is 0.481 e. The van der Waals surface area contributed by atoms with Crippen LogP contribution in [-0.2, 0) is 60.8 Å². The third-order valence-corrected chi connectivity index (χ3v) is 9.15. The van der Waals surface area contributed by atoms with Crippen molar-refractivity contribution in [2.75, 3.05) is 0 Å². The van der Waals surface area contributed by atoms with E-state index in [4.69, 9.17) is 0 Å². The molecule has 0 aromatic heterocycles. The zero-order valence-electron chi connectivity index (χ0n) is 35.2. The summed E-state index contributed by atoms with van der Waals surface area (Å²) in [4.78, 5) is 127. The highest BCUT2D eigenvalue weighted by Crippen LogP contribution is 2.12. The standard InChI is InChI=1S/C41H54FN7O14/c1-20(2)15-27(47-40(61)34(22(4)50)49-39(60)28(44-23(5)51)16-24-11-7-6-8-12-24)37(58)46-29(18-32(52)53)36(57)43-21(3)35(56)45-30(19-33(54)55)38(59)48-31(41(62)63)17-25-13-9-10-14-26(25)42/h6-14,20-22,27-31,34,50H,15-19H2,1-5H3,(H,43,57)(H,44,51)(H,45,56)(H,46,58)(H,47,61)(H,48,59)(H,49,60)(H,52,53)(H,54,55)(H,62,63)/t21-,22+,27-,28-,29-,30-,31-,34-/m0/s1. The van der Waals surface area contributed by atoms with Crippen LogP contribution in [0.3, 0.4) is 0 Å². The molecule has 0 saturated heterocycles. The predicted molar refractivity (Wildman–Crippen MR) is 218 cm³/mol. The van der Waals surface area contributed by atoms with E-state index in [2.05, 4.69) is 37.2 Å². The third kappa shape index (κ3) is 18.3. The second kappa shape index (κ2) is 25.1. The fourth-order valence-corrected chi connectivity index (χ4v) is 6.00. The quantitative estimate of drug-likeness (QED) is 0.0541. The van der Waals surface area contributed by atoms with E-state index in [1.54, 1.807) is 44.2 Å². The van der Waals surface area contributed by atoms with Crippen molar-refractivity contribution in [1.82, 2.24) is 37.2 Å². The van der Waals surface area contributed by atoms with Crippen LogP contribution in [-0.4, -0.2) is 128 Å². The Morgan fingerprint density at radius 2 is 1.02 bits per heavy atom. The first-order valence-corrected chi connectivity index (χ1v) is 19.7. The number of aliphatic hydroxyl groups is 1. The van der Waals surface area contributed by atoms with Gasteiger partial charge in [-0.25, -0.2) is 9.18 Å². The summed E-state index contributed by atoms with van der Waals surface area (Å²) in [5, 5.41) is 55.0. The Morgan fingerprint density at radius 3 is 1.52 bits per heavy atom. The first-order valence-electron chi connectivity index (χ1n) is 19.7. The van der Waals surface area contributed by atoms with Crippen molar-refractivity contribution in [2.45, 2.75) is 115 Å². The number of carboxylic acid groups (broad SMARTS) is 3. The van der Waals surface area contributed by atoms with Crippen LogP contribution in [0.15, 0.2) is 54.6 Å². The highest BCUT2D eigenvalue weighted by atomic mass is 19.1. The summed E-state index contributed by atoms with van der Waals surface area (Å²) < 4.78 is 14.2. The number of hydrogen-bond donors (Lipinski definition) is 11. The zero-order chi connectivity index (χ0) is 47.6. The lowest BCUT2D eigenvalue weighted by molar-refractivity contribution is -0.143. The number of halogens is 1. The predicted octanol–water partition coefficient (Wildman–Crippen LogP) is -1.49. The van der Waals surface area contributed by atoms with Gasteiger partial charge >= 0.3 is 17.9 Å². The van der Waals surface area contributed by atoms with Gasteiger partial charge in [0, 0.05) is 19.8 Å². The van der Waals surface area contributed by atoms with E-state index in [0.717, 1.165) is 13.0 Å². The molecule has 0 unspecified atom stereocenters. The minimum atomic E-state index is -1.91. The summed E-state index contributed by atoms with van der Waals surface area (Å²) >= 11 is 0. The van der Waals surface area contributed by atoms with Crippen LogP contribution in [0, 0.1) is 11.7 Å². The van der Waals surface area contributed by atoms with Gasteiger partial charge in [0.2, 0.25) is 41.4 Å². The Bertz CT molecular complexity index is 1980. The van der Waals surface area contributed by atoms with Crippen LogP contribution < -0.4 is 37.2 Å². The number of benzene rings is 2. The highest BCUT2D eigenvalue weighted by Gasteiger charge is 2.36. The highest BCUT2D eigenvalue weighted by molar-refractivity contribution is 5.98. The molecule has 11 N–H and O–H groups in total. The average molecular weight is 888 g/mol. The van der Waals surface area contributed by atoms with Crippen molar-refractivity contribution in [1.29, 1.82) is 0 Å². The van der Waals surface area contributed by atoms with Crippen LogP contribution in [0.4, 0.5) is 4.39 Å². The molecule has 0 saturated carbocycles. The number of carbonyl (C=O) groups is 10. The van der Waals surface area contributed by atoms with Crippen LogP contribution in [0.2, 0.25) is 0 Å². The number of hydrogen-bond acceptors (Lipinski definition) is 11. The Kier molecular flexibility index (Phi) is 20.8. The molecule has 0 bridgehead atoms. The Hall–Kier alpha value is -6.97. The number of amides is 7. The molecule has 344 valence electrons. The summed E-state index contributed by atoms with van der Waals surface area (Å²) in [6.45, 7) is 6.79. The number of rotatable bonds is 25. The summed E-state index contributed by atoms with van der Waals surface area (Å²) in [7, 11) is 0. The van der Waals surface area contributed by atoms with Gasteiger partial charge in [0.05, 0.1) is 18.9 Å². The normalized spacial score (nSPS) is 14.7. The Balaban J connectivity index is 2.22. The fourth-order valence-electron chi connectivity index (χ4n) is 6.00. The number of nitrogens with one attached hydrogen (secondary N) is 7. The van der Waals surface area contributed by atoms with E-state index in [0.29, 0.717) is 5.56 Å². The summed E-state index contributed by atoms with van der Waals surface area (Å²) in [6, 6.07) is 2.20. The Morgan fingerprint density at radius 1 is 0.540 bits per heavy atom. The zero-order valence-corrected chi connectivity index (χ0v) is 35.2. The molecule has 0 spiro atoms. The molecular formula is C41H54FN7O14. The summed E-state index contributed by atoms with van der Waals surface area (Å²) in [6.07, 6.45) is -4.27. The minimum absolute atomic E-state index is 0.0238. The molecule has 21 nitrogen and oxygen atoms in total. The SMILES string of the molecule is CC(=O)N[C@@H](Cc1ccccc1)C(=O)N[C@H](C(=O)N[C@@H](CC(C)C)C(=O)N[C@@H](CC(=O)O)C(=O)N[C@@H](C)C(=O)N[C@@H](CC(=O)O)C(=O)N[C@@H](Cc1ccccc1F)C(=O)O)[C@@H](C)O. The van der Waals surface area contributed by atoms with Gasteiger partial charge in [-0.05, 0) is 43.4 Å². The molecule has 2 aromatic rings. The maximum atomic E-state index is 14.2. The van der Waals surface area contributed by atoms with Gasteiger partial charge in [0.1, 0.15) is 48.1 Å². The molecular weight excluding hydrogens is 833 g/mol. The topological polar surface area (TPSA) is 336 Å². The van der Waals surface area contributed by atoms with Crippen molar-refractivity contribution in [2.24, 2.45) is 5.92 Å². The van der Waals surface area contributed by atoms with Gasteiger partial charge in [-0.1, -0.05) is 62.4 Å². The number of aliphatic hydroxyl groups excluding tert-OH is 1. The third-order valence-electron chi connectivity index (χ3n) is 9.15. The Labute approximate surface area is 361 Å². The van der Waals surface area contributed by atoms with Crippen molar-refractivity contribution in [3.63, 3.8) is 0 Å². The van der Waals surface area contributed by atoms with Crippen molar-refractivity contribution >= 4 is 59.3 Å². The maximum Gasteiger partial charge on any atom is 0.326 e. The molecule has 2 aromatic carbocycles. The smallest absolute Gasteiger partial charge is 0.326 e. The fraction of sp³-hybridized carbons (Fsp3) is 0.463. The second-order valence-corrected chi connectivity index (χ2v) is 15.1. The van der Waals surface area contributed by atoms with Crippen LogP contribution >= 0.6 is 0 Å². The monoisotopic (exact) mass is 887 g/mol. The van der Waals surface area contributed by atoms with Gasteiger partial charge in [0.25, 0.3) is 0 Å². The molecule has 63 heavy (non-hydrogen) atoms. The van der Waals surface area contributed by atoms with Gasteiger partial charge in [0.15, 0.2) is 0 Å². The minimum Gasteiger partial charge on any atom is -0.481 e.